The van der Waals surface area contributed by atoms with Gasteiger partial charge in [-0.25, -0.2) is 4.79 Å². The minimum absolute atomic E-state index is 0.0125. The number of phenolic OH excluding ortho intramolecular Hbond substituents is 1. The van der Waals surface area contributed by atoms with E-state index in [1.54, 1.807) is 20.2 Å². The number of ketones is 1. The zero-order valence-electron chi connectivity index (χ0n) is 22.8. The second-order valence-electron chi connectivity index (χ2n) is 10.9. The van der Waals surface area contributed by atoms with E-state index in [0.717, 1.165) is 6.92 Å². The number of aromatic hydroxyl groups is 1. The fourth-order valence-corrected chi connectivity index (χ4v) is 6.73. The summed E-state index contributed by atoms with van der Waals surface area (Å²) in [5.74, 6) is -5.49. The number of nitrogens with two attached hydrogens (primary N) is 1. The van der Waals surface area contributed by atoms with Crippen molar-refractivity contribution in [3.05, 3.63) is 58.4 Å². The molecule has 0 aliphatic heterocycles. The molecule has 12 nitrogen and oxygen atoms in total. The Bertz CT molecular complexity index is 1360. The molecule has 0 aromatic heterocycles. The highest BCUT2D eigenvalue weighted by molar-refractivity contribution is 6.12. The smallest absolute Gasteiger partial charge is 0.410 e. The molecule has 1 unspecified atom stereocenters. The number of aliphatic hydroxyl groups excluding tert-OH is 2. The molecule has 5 atom stereocenters. The molecule has 0 saturated heterocycles. The summed E-state index contributed by atoms with van der Waals surface area (Å²) in [5, 5.41) is 56.7. The van der Waals surface area contributed by atoms with Gasteiger partial charge in [0.2, 0.25) is 0 Å². The first-order chi connectivity index (χ1) is 18.6. The number of hydrogen-bond acceptors (Lipinski definition) is 10. The second-order valence-corrected chi connectivity index (χ2v) is 10.9. The van der Waals surface area contributed by atoms with Gasteiger partial charge < -0.3 is 40.9 Å². The average Bonchev–Trinajstić information content (AvgIpc) is 2.86. The van der Waals surface area contributed by atoms with Gasteiger partial charge in [0.1, 0.15) is 22.9 Å². The highest BCUT2D eigenvalue weighted by Crippen LogP contribution is 2.56. The molecule has 7 N–H and O–H groups in total. The van der Waals surface area contributed by atoms with Gasteiger partial charge in [0.25, 0.3) is 5.91 Å². The van der Waals surface area contributed by atoms with Gasteiger partial charge in [-0.15, -0.1) is 6.58 Å². The lowest BCUT2D eigenvalue weighted by Gasteiger charge is -2.56. The van der Waals surface area contributed by atoms with Gasteiger partial charge in [0, 0.05) is 24.6 Å². The Balaban J connectivity index is 1.91. The standard InChI is InChI=1S/C28H35N3O9/c1-6-9-31(26(37)40-5)12-13-7-8-17(32)19-15(13)10-14-11-16-21(30(3)4)23(34)20(25(29)36)27(2,38)28(16,39)24(35)18(14)22(19)33/h6-8,14,16,21,32-34,38-39H,1,9-12H2,2-5H3,(H2,29,36)/t14-,16-,21-,27?,28-/m0/s1. The largest absolute Gasteiger partial charge is 0.510 e. The van der Waals surface area contributed by atoms with E-state index in [4.69, 9.17) is 10.5 Å². The predicted molar refractivity (Wildman–Crippen MR) is 143 cm³/mol. The number of rotatable bonds is 6. The molecule has 1 fully saturated rings. The lowest BCUT2D eigenvalue weighted by Crippen LogP contribution is -2.73. The summed E-state index contributed by atoms with van der Waals surface area (Å²) in [6.07, 6.45) is 1.06. The third-order valence-electron chi connectivity index (χ3n) is 8.50. The number of likely N-dealkylation sites (N-methyl/N-ethyl adjacent to an activating group) is 1. The summed E-state index contributed by atoms with van der Waals surface area (Å²) < 4.78 is 4.85. The zero-order valence-corrected chi connectivity index (χ0v) is 22.8. The van der Waals surface area contributed by atoms with Crippen molar-refractivity contribution in [3.63, 3.8) is 0 Å². The van der Waals surface area contributed by atoms with Crippen LogP contribution in [0.25, 0.3) is 5.76 Å². The molecule has 0 spiro atoms. The van der Waals surface area contributed by atoms with Crippen molar-refractivity contribution in [2.24, 2.45) is 17.6 Å². The van der Waals surface area contributed by atoms with E-state index in [0.29, 0.717) is 11.1 Å². The maximum absolute atomic E-state index is 14.1. The molecule has 0 radical (unpaired) electrons. The van der Waals surface area contributed by atoms with Crippen molar-refractivity contribution in [3.8, 4) is 5.75 Å². The lowest BCUT2D eigenvalue weighted by atomic mass is 9.52. The molecule has 4 rings (SSSR count). The summed E-state index contributed by atoms with van der Waals surface area (Å²) >= 11 is 0. The number of primary amides is 1. The Labute approximate surface area is 231 Å². The van der Waals surface area contributed by atoms with E-state index in [1.165, 1.54) is 29.1 Å². The van der Waals surface area contributed by atoms with E-state index in [9.17, 15) is 39.9 Å². The SMILES string of the molecule is C=CCN(Cc1ccc(O)c2c1C[C@H]1C[C@H]3[C@H](N(C)C)C(O)=C(C(N)=O)C(C)(O)[C@@]3(O)C(=O)C1=C2O)C(=O)OC. The van der Waals surface area contributed by atoms with Gasteiger partial charge in [-0.1, -0.05) is 12.1 Å². The molecule has 40 heavy (non-hydrogen) atoms. The number of nitrogens with zero attached hydrogens (tertiary/aromatic N) is 2. The van der Waals surface area contributed by atoms with Crippen LogP contribution in [0.15, 0.2) is 41.7 Å². The van der Waals surface area contributed by atoms with E-state index < -0.39 is 64.0 Å². The van der Waals surface area contributed by atoms with Crippen LogP contribution in [0.5, 0.6) is 5.75 Å². The topological polar surface area (TPSA) is 194 Å². The van der Waals surface area contributed by atoms with E-state index in [-0.39, 0.29) is 42.8 Å². The number of aliphatic hydroxyl groups is 4. The van der Waals surface area contributed by atoms with Crippen molar-refractivity contribution >= 4 is 23.5 Å². The Morgan fingerprint density at radius 2 is 1.88 bits per heavy atom. The van der Waals surface area contributed by atoms with Crippen LogP contribution < -0.4 is 5.73 Å². The molecular formula is C28H35N3O9. The van der Waals surface area contributed by atoms with Gasteiger partial charge in [0.05, 0.1) is 24.3 Å². The summed E-state index contributed by atoms with van der Waals surface area (Å²) in [7, 11) is 4.41. The molecule has 2 amide bonds. The van der Waals surface area contributed by atoms with Gasteiger partial charge in [0.15, 0.2) is 11.4 Å². The number of fused-ring (bicyclic) bond motifs is 3. The van der Waals surface area contributed by atoms with E-state index >= 15 is 0 Å². The van der Waals surface area contributed by atoms with Crippen LogP contribution in [0.4, 0.5) is 4.79 Å². The number of phenols is 1. The number of Topliss-reactive ketones (excluding diaryl/α,β-unsaturated/α-hetero) is 1. The summed E-state index contributed by atoms with van der Waals surface area (Å²) in [5.41, 5.74) is 0.379. The summed E-state index contributed by atoms with van der Waals surface area (Å²) in [4.78, 5) is 41.7. The van der Waals surface area contributed by atoms with Crippen molar-refractivity contribution in [2.45, 2.75) is 43.6 Å². The minimum Gasteiger partial charge on any atom is -0.510 e. The van der Waals surface area contributed by atoms with E-state index in [1.807, 2.05) is 0 Å². The van der Waals surface area contributed by atoms with Crippen LogP contribution in [0.1, 0.15) is 30.0 Å². The number of carbonyl (C=O) groups excluding carboxylic acids is 3. The van der Waals surface area contributed by atoms with Gasteiger partial charge in [-0.2, -0.15) is 0 Å². The minimum atomic E-state index is -2.64. The van der Waals surface area contributed by atoms with Crippen molar-refractivity contribution < 1.29 is 44.7 Å². The maximum atomic E-state index is 14.1. The first kappa shape index (κ1) is 29.1. The number of hydrogen-bond donors (Lipinski definition) is 6. The summed E-state index contributed by atoms with van der Waals surface area (Å²) in [6, 6.07) is 1.87. The number of ether oxygens (including phenoxy) is 1. The predicted octanol–water partition coefficient (Wildman–Crippen LogP) is 0.900. The molecule has 1 saturated carbocycles. The van der Waals surface area contributed by atoms with Crippen LogP contribution >= 0.6 is 0 Å². The van der Waals surface area contributed by atoms with Gasteiger partial charge in [-0.05, 0) is 57.0 Å². The van der Waals surface area contributed by atoms with Crippen LogP contribution in [0.3, 0.4) is 0 Å². The van der Waals surface area contributed by atoms with Crippen LogP contribution in [0.2, 0.25) is 0 Å². The van der Waals surface area contributed by atoms with Crippen molar-refractivity contribution in [1.29, 1.82) is 0 Å². The van der Waals surface area contributed by atoms with Crippen molar-refractivity contribution in [1.82, 2.24) is 9.80 Å². The van der Waals surface area contributed by atoms with E-state index in [2.05, 4.69) is 6.58 Å². The van der Waals surface area contributed by atoms with Gasteiger partial charge >= 0.3 is 6.09 Å². The number of carbonyl (C=O) groups is 3. The number of amides is 2. The molecule has 216 valence electrons. The Kier molecular flexibility index (Phi) is 7.24. The molecule has 3 aliphatic rings. The quantitative estimate of drug-likeness (QED) is 0.274. The lowest BCUT2D eigenvalue weighted by molar-refractivity contribution is -0.194. The molecular weight excluding hydrogens is 522 g/mol. The summed E-state index contributed by atoms with van der Waals surface area (Å²) in [6.45, 7) is 4.91. The molecule has 1 aromatic carbocycles. The second kappa shape index (κ2) is 9.95. The Morgan fingerprint density at radius 3 is 2.42 bits per heavy atom. The van der Waals surface area contributed by atoms with Gasteiger partial charge in [-0.3, -0.25) is 14.5 Å². The number of benzene rings is 1. The molecule has 3 aliphatic carbocycles. The first-order valence-corrected chi connectivity index (χ1v) is 12.7. The maximum Gasteiger partial charge on any atom is 0.410 e. The van der Waals surface area contributed by atoms with Crippen molar-refractivity contribution in [2.75, 3.05) is 27.7 Å². The fourth-order valence-electron chi connectivity index (χ4n) is 6.73. The third kappa shape index (κ3) is 3.97. The molecule has 12 heteroatoms. The molecule has 0 bridgehead atoms. The zero-order chi connectivity index (χ0) is 29.9. The fraction of sp³-hybridized carbons (Fsp3) is 0.464. The van der Waals surface area contributed by atoms with Crippen LogP contribution in [-0.4, -0.2) is 98.1 Å². The van der Waals surface area contributed by atoms with Crippen LogP contribution in [0, 0.1) is 11.8 Å². The normalized spacial score (nSPS) is 29.5. The molecule has 0 heterocycles. The monoisotopic (exact) mass is 557 g/mol. The van der Waals surface area contributed by atoms with Crippen LogP contribution in [-0.2, 0) is 27.3 Å². The Morgan fingerprint density at radius 1 is 1.23 bits per heavy atom. The average molecular weight is 558 g/mol. The first-order valence-electron chi connectivity index (χ1n) is 12.7. The molecule has 1 aromatic rings. The Hall–Kier alpha value is -3.87. The highest BCUT2D eigenvalue weighted by atomic mass is 16.5. The number of methoxy groups -OCH3 is 1. The third-order valence-corrected chi connectivity index (χ3v) is 8.50. The highest BCUT2D eigenvalue weighted by Gasteiger charge is 2.69.